The lowest BCUT2D eigenvalue weighted by atomic mass is 10.3. The zero-order chi connectivity index (χ0) is 20.9. The predicted molar refractivity (Wildman–Crippen MR) is 99.4 cm³/mol. The summed E-state index contributed by atoms with van der Waals surface area (Å²) in [4.78, 5) is 8.21. The molecule has 0 saturated carbocycles. The van der Waals surface area contributed by atoms with Gasteiger partial charge in [-0.25, -0.2) is 14.5 Å². The van der Waals surface area contributed by atoms with Crippen LogP contribution in [0.4, 0.5) is 13.2 Å². The zero-order valence-electron chi connectivity index (χ0n) is 15.2. The second-order valence-corrected chi connectivity index (χ2v) is 7.90. The first-order valence-electron chi connectivity index (χ1n) is 8.45. The molecule has 11 heteroatoms. The molecule has 0 fully saturated rings. The Morgan fingerprint density at radius 3 is 2.69 bits per heavy atom. The van der Waals surface area contributed by atoms with Gasteiger partial charge in [-0.05, 0) is 18.2 Å². The minimum Gasteiger partial charge on any atom is -0.324 e. The van der Waals surface area contributed by atoms with Gasteiger partial charge in [0.05, 0.1) is 44.0 Å². The molecule has 0 amide bonds. The first-order valence-corrected chi connectivity index (χ1v) is 9.77. The van der Waals surface area contributed by atoms with E-state index in [2.05, 4.69) is 15.1 Å². The van der Waals surface area contributed by atoms with Crippen LogP contribution >= 0.6 is 0 Å². The highest BCUT2D eigenvalue weighted by Gasteiger charge is 2.33. The van der Waals surface area contributed by atoms with Gasteiger partial charge >= 0.3 is 6.18 Å². The third-order valence-electron chi connectivity index (χ3n) is 4.47. The second-order valence-electron chi connectivity index (χ2n) is 6.22. The summed E-state index contributed by atoms with van der Waals surface area (Å²) in [5.74, 6) is 0.582. The fraction of sp³-hybridized carbons (Fsp3) is 0.222. The van der Waals surface area contributed by atoms with Gasteiger partial charge in [0.25, 0.3) is 0 Å². The second kappa shape index (κ2) is 6.66. The Hall–Kier alpha value is -3.26. The van der Waals surface area contributed by atoms with Gasteiger partial charge in [-0.1, -0.05) is 6.92 Å². The summed E-state index contributed by atoms with van der Waals surface area (Å²) in [6.07, 6.45) is -1.98. The standard InChI is InChI=1S/C18H13F3N6OS/c1-3-29(28)16-12-5-4-10(7-22)9-27(12)25-15(16)17-24-11-6-14(18(19,20)21)23-8-13(11)26(17)2/h4-6,8-9H,3H2,1-2H3. The average Bonchev–Trinajstić information content (AvgIpc) is 3.23. The number of nitrogens with zero attached hydrogens (tertiary/aromatic N) is 6. The highest BCUT2D eigenvalue weighted by atomic mass is 32.2. The number of rotatable bonds is 3. The van der Waals surface area contributed by atoms with Crippen molar-refractivity contribution >= 4 is 27.3 Å². The quantitative estimate of drug-likeness (QED) is 0.509. The van der Waals surface area contributed by atoms with Crippen molar-refractivity contribution < 1.29 is 17.4 Å². The Morgan fingerprint density at radius 2 is 2.03 bits per heavy atom. The fourth-order valence-electron chi connectivity index (χ4n) is 3.06. The number of alkyl halides is 3. The maximum absolute atomic E-state index is 13.0. The van der Waals surface area contributed by atoms with Crippen molar-refractivity contribution in [3.63, 3.8) is 0 Å². The van der Waals surface area contributed by atoms with Crippen molar-refractivity contribution in [3.8, 4) is 17.6 Å². The molecule has 7 nitrogen and oxygen atoms in total. The molecule has 0 saturated heterocycles. The first kappa shape index (κ1) is 19.1. The van der Waals surface area contributed by atoms with E-state index in [-0.39, 0.29) is 17.0 Å². The molecule has 0 aromatic carbocycles. The maximum Gasteiger partial charge on any atom is 0.433 e. The van der Waals surface area contributed by atoms with Crippen LogP contribution in [-0.4, -0.2) is 34.1 Å². The van der Waals surface area contributed by atoms with Gasteiger partial charge in [0.2, 0.25) is 0 Å². The van der Waals surface area contributed by atoms with Gasteiger partial charge in [-0.2, -0.15) is 23.5 Å². The molecule has 0 aliphatic rings. The third kappa shape index (κ3) is 3.05. The minimum atomic E-state index is -4.59. The number of aryl methyl sites for hydroxylation is 1. The normalized spacial score (nSPS) is 13.1. The third-order valence-corrected chi connectivity index (χ3v) is 5.86. The summed E-state index contributed by atoms with van der Waals surface area (Å²) in [7, 11) is 0.210. The van der Waals surface area contributed by atoms with Crippen molar-refractivity contribution in [1.82, 2.24) is 24.1 Å². The van der Waals surface area contributed by atoms with E-state index in [9.17, 15) is 17.4 Å². The van der Waals surface area contributed by atoms with E-state index >= 15 is 0 Å². The van der Waals surface area contributed by atoms with Crippen LogP contribution < -0.4 is 0 Å². The summed E-state index contributed by atoms with van der Waals surface area (Å²) in [6.45, 7) is 1.75. The lowest BCUT2D eigenvalue weighted by Gasteiger charge is -2.04. The first-order chi connectivity index (χ1) is 13.7. The molecule has 4 rings (SSSR count). The van der Waals surface area contributed by atoms with E-state index in [1.54, 1.807) is 30.7 Å². The number of halogens is 3. The molecule has 1 atom stereocenters. The fourth-order valence-corrected chi connectivity index (χ4v) is 4.09. The molecule has 29 heavy (non-hydrogen) atoms. The molecule has 1 unspecified atom stereocenters. The summed E-state index contributed by atoms with van der Waals surface area (Å²) >= 11 is 0. The highest BCUT2D eigenvalue weighted by molar-refractivity contribution is 7.85. The van der Waals surface area contributed by atoms with E-state index in [0.717, 1.165) is 12.3 Å². The predicted octanol–water partition coefficient (Wildman–Crippen LogP) is 3.30. The molecule has 0 radical (unpaired) electrons. The average molecular weight is 418 g/mol. The van der Waals surface area contributed by atoms with Crippen molar-refractivity contribution in [1.29, 1.82) is 5.26 Å². The Balaban J connectivity index is 2.01. The van der Waals surface area contributed by atoms with Gasteiger partial charge in [0.15, 0.2) is 5.82 Å². The highest BCUT2D eigenvalue weighted by Crippen LogP contribution is 2.33. The lowest BCUT2D eigenvalue weighted by molar-refractivity contribution is -0.141. The number of nitriles is 1. The van der Waals surface area contributed by atoms with Crippen LogP contribution in [0.25, 0.3) is 28.1 Å². The summed E-state index contributed by atoms with van der Waals surface area (Å²) in [5.41, 5.74) is 0.641. The van der Waals surface area contributed by atoms with Crippen LogP contribution in [-0.2, 0) is 24.0 Å². The van der Waals surface area contributed by atoms with Crippen LogP contribution in [0.15, 0.2) is 35.5 Å². The van der Waals surface area contributed by atoms with E-state index in [1.165, 1.54) is 10.7 Å². The lowest BCUT2D eigenvalue weighted by Crippen LogP contribution is -2.07. The Kier molecular flexibility index (Phi) is 4.38. The summed E-state index contributed by atoms with van der Waals surface area (Å²) < 4.78 is 54.7. The van der Waals surface area contributed by atoms with E-state index in [4.69, 9.17) is 5.26 Å². The zero-order valence-corrected chi connectivity index (χ0v) is 16.0. The minimum absolute atomic E-state index is 0.104. The Labute approximate surface area is 164 Å². The van der Waals surface area contributed by atoms with Gasteiger partial charge in [0, 0.05) is 19.0 Å². The van der Waals surface area contributed by atoms with Crippen LogP contribution in [0, 0.1) is 11.3 Å². The number of aromatic nitrogens is 5. The number of hydrogen-bond donors (Lipinski definition) is 0. The van der Waals surface area contributed by atoms with Gasteiger partial charge in [-0.15, -0.1) is 0 Å². The van der Waals surface area contributed by atoms with Crippen molar-refractivity contribution in [2.24, 2.45) is 7.05 Å². The Morgan fingerprint density at radius 1 is 1.28 bits per heavy atom. The monoisotopic (exact) mass is 418 g/mol. The van der Waals surface area contributed by atoms with Crippen molar-refractivity contribution in [2.75, 3.05) is 5.75 Å². The van der Waals surface area contributed by atoms with Crippen molar-refractivity contribution in [2.45, 2.75) is 18.0 Å². The molecular formula is C18H13F3N6OS. The topological polar surface area (TPSA) is 88.9 Å². The molecule has 0 aliphatic heterocycles. The Bertz CT molecular complexity index is 1330. The molecule has 4 aromatic heterocycles. The number of fused-ring (bicyclic) bond motifs is 2. The largest absolute Gasteiger partial charge is 0.433 e. The molecule has 4 aromatic rings. The molecular weight excluding hydrogens is 405 g/mol. The number of hydrogen-bond acceptors (Lipinski definition) is 5. The SMILES string of the molecule is CCS(=O)c1c(-c2nc3cc(C(F)(F)F)ncc3n2C)nn2cc(C#N)ccc12. The van der Waals surface area contributed by atoms with Crippen molar-refractivity contribution in [3.05, 3.63) is 41.9 Å². The van der Waals surface area contributed by atoms with E-state index < -0.39 is 22.7 Å². The van der Waals surface area contributed by atoms with Crippen LogP contribution in [0.3, 0.4) is 0 Å². The maximum atomic E-state index is 13.0. The smallest absolute Gasteiger partial charge is 0.324 e. The van der Waals surface area contributed by atoms with E-state index in [1.807, 2.05) is 6.07 Å². The van der Waals surface area contributed by atoms with Gasteiger partial charge in [-0.3, -0.25) is 4.21 Å². The molecule has 4 heterocycles. The molecule has 148 valence electrons. The molecule has 0 bridgehead atoms. The van der Waals surface area contributed by atoms with Crippen LogP contribution in [0.2, 0.25) is 0 Å². The summed E-state index contributed by atoms with van der Waals surface area (Å²) in [5, 5.41) is 13.5. The molecule has 0 aliphatic carbocycles. The number of pyridine rings is 2. The van der Waals surface area contributed by atoms with E-state index in [0.29, 0.717) is 27.2 Å². The van der Waals surface area contributed by atoms with Gasteiger partial charge < -0.3 is 4.57 Å². The summed E-state index contributed by atoms with van der Waals surface area (Å²) in [6, 6.07) is 6.12. The van der Waals surface area contributed by atoms with Crippen LogP contribution in [0.1, 0.15) is 18.2 Å². The van der Waals surface area contributed by atoms with Crippen LogP contribution in [0.5, 0.6) is 0 Å². The number of imidazole rings is 1. The molecule has 0 N–H and O–H groups in total. The van der Waals surface area contributed by atoms with Gasteiger partial charge in [0.1, 0.15) is 17.5 Å². The molecule has 0 spiro atoms.